The number of benzene rings is 2. The molecule has 0 aliphatic carbocycles. The number of halogens is 1. The SMILES string of the molecule is COc1nc(OCc2cccc(-c3cccc(F)c3)c2C)ncc1CN1CCCC[C@H]1C. The molecule has 4 rings (SSSR count). The molecule has 0 amide bonds. The Morgan fingerprint density at radius 1 is 1.12 bits per heavy atom. The lowest BCUT2D eigenvalue weighted by molar-refractivity contribution is 0.150. The highest BCUT2D eigenvalue weighted by Crippen LogP contribution is 2.28. The molecule has 0 saturated carbocycles. The maximum atomic E-state index is 13.7. The van der Waals surface area contributed by atoms with E-state index < -0.39 is 0 Å². The van der Waals surface area contributed by atoms with Crippen LogP contribution in [0.1, 0.15) is 42.9 Å². The first-order chi connectivity index (χ1) is 15.5. The number of aromatic nitrogens is 2. The minimum absolute atomic E-state index is 0.247. The van der Waals surface area contributed by atoms with E-state index in [9.17, 15) is 4.39 Å². The highest BCUT2D eigenvalue weighted by Gasteiger charge is 2.21. The van der Waals surface area contributed by atoms with Crippen LogP contribution in [0, 0.1) is 12.7 Å². The van der Waals surface area contributed by atoms with Gasteiger partial charge in [-0.1, -0.05) is 36.8 Å². The summed E-state index contributed by atoms with van der Waals surface area (Å²) in [6, 6.07) is 13.4. The van der Waals surface area contributed by atoms with Crippen molar-refractivity contribution in [2.45, 2.75) is 52.3 Å². The van der Waals surface area contributed by atoms with Crippen LogP contribution in [0.25, 0.3) is 11.1 Å². The van der Waals surface area contributed by atoms with Gasteiger partial charge in [-0.05, 0) is 67.6 Å². The standard InChI is InChI=1S/C26H30FN3O2/c1-18-8-4-5-13-30(18)16-22-15-28-26(29-25(22)31-3)32-17-21-10-7-12-24(19(21)2)20-9-6-11-23(27)14-20/h6-7,9-12,14-15,18H,4-5,8,13,16-17H2,1-3H3/t18-/m1/s1. The average molecular weight is 436 g/mol. The first kappa shape index (κ1) is 22.2. The second kappa shape index (κ2) is 10.1. The number of rotatable bonds is 7. The van der Waals surface area contributed by atoms with Crippen LogP contribution in [0.15, 0.2) is 48.7 Å². The second-order valence-corrected chi connectivity index (χ2v) is 8.39. The molecule has 0 spiro atoms. The Balaban J connectivity index is 1.47. The molecule has 1 aromatic heterocycles. The third-order valence-corrected chi connectivity index (χ3v) is 6.25. The van der Waals surface area contributed by atoms with Gasteiger partial charge in [0.25, 0.3) is 0 Å². The van der Waals surface area contributed by atoms with Crippen LogP contribution < -0.4 is 9.47 Å². The number of nitrogens with zero attached hydrogens (tertiary/aromatic N) is 3. The van der Waals surface area contributed by atoms with Crippen molar-refractivity contribution in [2.24, 2.45) is 0 Å². The Hall–Kier alpha value is -2.99. The van der Waals surface area contributed by atoms with Gasteiger partial charge >= 0.3 is 6.01 Å². The van der Waals surface area contributed by atoms with Crippen molar-refractivity contribution in [1.29, 1.82) is 0 Å². The lowest BCUT2D eigenvalue weighted by Crippen LogP contribution is -2.36. The fourth-order valence-electron chi connectivity index (χ4n) is 4.29. The summed E-state index contributed by atoms with van der Waals surface area (Å²) >= 11 is 0. The normalized spacial score (nSPS) is 16.7. The zero-order valence-electron chi connectivity index (χ0n) is 19.0. The number of hydrogen-bond acceptors (Lipinski definition) is 5. The van der Waals surface area contributed by atoms with Crippen molar-refractivity contribution < 1.29 is 13.9 Å². The molecule has 1 saturated heterocycles. The molecule has 2 heterocycles. The van der Waals surface area contributed by atoms with E-state index in [1.54, 1.807) is 25.4 Å². The molecule has 5 nitrogen and oxygen atoms in total. The van der Waals surface area contributed by atoms with Crippen LogP contribution in [0.5, 0.6) is 11.9 Å². The van der Waals surface area contributed by atoms with Gasteiger partial charge in [0.15, 0.2) is 0 Å². The van der Waals surface area contributed by atoms with E-state index in [-0.39, 0.29) is 11.8 Å². The van der Waals surface area contributed by atoms with E-state index in [0.29, 0.717) is 18.5 Å². The number of ether oxygens (including phenoxy) is 2. The Morgan fingerprint density at radius 2 is 1.97 bits per heavy atom. The summed E-state index contributed by atoms with van der Waals surface area (Å²) in [6.07, 6.45) is 5.54. The molecule has 0 bridgehead atoms. The van der Waals surface area contributed by atoms with E-state index in [2.05, 4.69) is 21.8 Å². The van der Waals surface area contributed by atoms with Gasteiger partial charge < -0.3 is 9.47 Å². The Labute approximate surface area is 189 Å². The van der Waals surface area contributed by atoms with E-state index in [1.165, 1.54) is 25.3 Å². The number of methoxy groups -OCH3 is 1. The monoisotopic (exact) mass is 435 g/mol. The van der Waals surface area contributed by atoms with Crippen LogP contribution in [-0.2, 0) is 13.2 Å². The van der Waals surface area contributed by atoms with Crippen LogP contribution in [0.4, 0.5) is 4.39 Å². The molecule has 1 aliphatic rings. The molecule has 1 aliphatic heterocycles. The van der Waals surface area contributed by atoms with E-state index in [0.717, 1.165) is 40.9 Å². The minimum Gasteiger partial charge on any atom is -0.481 e. The third-order valence-electron chi connectivity index (χ3n) is 6.25. The van der Waals surface area contributed by atoms with Crippen molar-refractivity contribution in [3.63, 3.8) is 0 Å². The highest BCUT2D eigenvalue weighted by molar-refractivity contribution is 5.68. The Kier molecular flexibility index (Phi) is 7.00. The van der Waals surface area contributed by atoms with Crippen molar-refractivity contribution in [2.75, 3.05) is 13.7 Å². The molecule has 1 fully saturated rings. The van der Waals surface area contributed by atoms with Crippen molar-refractivity contribution in [3.05, 3.63) is 71.2 Å². The zero-order valence-corrected chi connectivity index (χ0v) is 19.0. The summed E-state index contributed by atoms with van der Waals surface area (Å²) < 4.78 is 25.1. The Morgan fingerprint density at radius 3 is 2.75 bits per heavy atom. The zero-order chi connectivity index (χ0) is 22.5. The molecule has 3 aromatic rings. The van der Waals surface area contributed by atoms with E-state index in [1.807, 2.05) is 31.2 Å². The van der Waals surface area contributed by atoms with Crippen molar-refractivity contribution in [1.82, 2.24) is 14.9 Å². The van der Waals surface area contributed by atoms with Crippen molar-refractivity contribution in [3.8, 4) is 23.0 Å². The van der Waals surface area contributed by atoms with Gasteiger partial charge in [0.1, 0.15) is 12.4 Å². The lowest BCUT2D eigenvalue weighted by atomic mass is 9.97. The first-order valence-electron chi connectivity index (χ1n) is 11.2. The molecule has 1 atom stereocenters. The van der Waals surface area contributed by atoms with Gasteiger partial charge in [-0.15, -0.1) is 0 Å². The number of likely N-dealkylation sites (tertiary alicyclic amines) is 1. The van der Waals surface area contributed by atoms with Crippen molar-refractivity contribution >= 4 is 0 Å². The second-order valence-electron chi connectivity index (χ2n) is 8.39. The first-order valence-corrected chi connectivity index (χ1v) is 11.2. The maximum absolute atomic E-state index is 13.7. The molecule has 6 heteroatoms. The molecular formula is C26H30FN3O2. The summed E-state index contributed by atoms with van der Waals surface area (Å²) in [4.78, 5) is 11.4. The molecule has 0 unspecified atom stereocenters. The summed E-state index contributed by atoms with van der Waals surface area (Å²) in [5, 5.41) is 0. The van der Waals surface area contributed by atoms with E-state index in [4.69, 9.17) is 9.47 Å². The van der Waals surface area contributed by atoms with Gasteiger partial charge in [-0.25, -0.2) is 9.37 Å². The molecule has 0 radical (unpaired) electrons. The van der Waals surface area contributed by atoms with Gasteiger partial charge in [0, 0.05) is 24.3 Å². The average Bonchev–Trinajstić information content (AvgIpc) is 2.80. The number of piperidine rings is 1. The summed E-state index contributed by atoms with van der Waals surface area (Å²) in [5.41, 5.74) is 4.84. The molecular weight excluding hydrogens is 405 g/mol. The van der Waals surface area contributed by atoms with Gasteiger partial charge in [0.05, 0.1) is 7.11 Å². The minimum atomic E-state index is -0.247. The summed E-state index contributed by atoms with van der Waals surface area (Å²) in [6.45, 7) is 6.47. The number of hydrogen-bond donors (Lipinski definition) is 0. The fourth-order valence-corrected chi connectivity index (χ4v) is 4.29. The predicted molar refractivity (Wildman–Crippen MR) is 123 cm³/mol. The van der Waals surface area contributed by atoms with Gasteiger partial charge in [-0.2, -0.15) is 4.98 Å². The highest BCUT2D eigenvalue weighted by atomic mass is 19.1. The summed E-state index contributed by atoms with van der Waals surface area (Å²) in [7, 11) is 1.63. The smallest absolute Gasteiger partial charge is 0.320 e. The fraction of sp³-hybridized carbons (Fsp3) is 0.385. The van der Waals surface area contributed by atoms with Crippen LogP contribution in [0.2, 0.25) is 0 Å². The molecule has 168 valence electrons. The quantitative estimate of drug-likeness (QED) is 0.487. The predicted octanol–water partition coefficient (Wildman–Crippen LogP) is 5.55. The van der Waals surface area contributed by atoms with Crippen LogP contribution in [-0.4, -0.2) is 34.6 Å². The maximum Gasteiger partial charge on any atom is 0.320 e. The largest absolute Gasteiger partial charge is 0.481 e. The van der Waals surface area contributed by atoms with E-state index >= 15 is 0 Å². The Bertz CT molecular complexity index is 1070. The molecule has 0 N–H and O–H groups in total. The lowest BCUT2D eigenvalue weighted by Gasteiger charge is -2.33. The third kappa shape index (κ3) is 5.07. The van der Waals surface area contributed by atoms with Gasteiger partial charge in [0.2, 0.25) is 5.88 Å². The van der Waals surface area contributed by atoms with Gasteiger partial charge in [-0.3, -0.25) is 4.90 Å². The van der Waals surface area contributed by atoms with Crippen LogP contribution >= 0.6 is 0 Å². The topological polar surface area (TPSA) is 47.5 Å². The molecule has 2 aromatic carbocycles. The summed E-state index contributed by atoms with van der Waals surface area (Å²) in [5.74, 6) is 0.307. The van der Waals surface area contributed by atoms with Crippen LogP contribution in [0.3, 0.4) is 0 Å². The molecule has 32 heavy (non-hydrogen) atoms.